The number of fused-ring (bicyclic) bond motifs is 1. The van der Waals surface area contributed by atoms with Gasteiger partial charge in [-0.05, 0) is 42.3 Å². The van der Waals surface area contributed by atoms with Crippen LogP contribution in [0.3, 0.4) is 0 Å². The van der Waals surface area contributed by atoms with E-state index in [0.717, 1.165) is 16.3 Å². The van der Waals surface area contributed by atoms with Crippen molar-refractivity contribution in [1.82, 2.24) is 5.32 Å². The Morgan fingerprint density at radius 1 is 1.30 bits per heavy atom. The quantitative estimate of drug-likeness (QED) is 0.851. The van der Waals surface area contributed by atoms with Crippen LogP contribution in [-0.2, 0) is 16.1 Å². The van der Waals surface area contributed by atoms with Crippen LogP contribution in [0.2, 0.25) is 0 Å². The average molecular weight is 271 g/mol. The van der Waals surface area contributed by atoms with Crippen molar-refractivity contribution >= 4 is 23.2 Å². The third kappa shape index (κ3) is 3.15. The van der Waals surface area contributed by atoms with Gasteiger partial charge in [0.05, 0.1) is 0 Å². The summed E-state index contributed by atoms with van der Waals surface area (Å²) in [4.78, 5) is 22.3. The largest absolute Gasteiger partial charge is 0.463 e. The Hall–Kier alpha value is -2.36. The lowest BCUT2D eigenvalue weighted by Gasteiger charge is -2.10. The third-order valence-electron chi connectivity index (χ3n) is 2.96. The zero-order chi connectivity index (χ0) is 14.5. The van der Waals surface area contributed by atoms with E-state index in [1.807, 2.05) is 44.2 Å². The van der Waals surface area contributed by atoms with Gasteiger partial charge in [-0.15, -0.1) is 0 Å². The second-order valence-electron chi connectivity index (χ2n) is 4.89. The molecule has 2 aromatic carbocycles. The standard InChI is InChI=1S/C16H17NO3/c1-11(2)17-16(19)13-7-6-12-4-3-5-14(9-20-10-18)15(12)8-13/h3-8,10-11H,9H2,1-2H3,(H,17,19). The second kappa shape index (κ2) is 6.19. The van der Waals surface area contributed by atoms with E-state index in [4.69, 9.17) is 4.74 Å². The lowest BCUT2D eigenvalue weighted by molar-refractivity contribution is -0.129. The minimum Gasteiger partial charge on any atom is -0.463 e. The highest BCUT2D eigenvalue weighted by molar-refractivity contribution is 5.99. The fraction of sp³-hybridized carbons (Fsp3) is 0.250. The van der Waals surface area contributed by atoms with Gasteiger partial charge < -0.3 is 10.1 Å². The number of ether oxygens (including phenoxy) is 1. The van der Waals surface area contributed by atoms with Crippen molar-refractivity contribution in [3.63, 3.8) is 0 Å². The van der Waals surface area contributed by atoms with E-state index < -0.39 is 0 Å². The first-order valence-corrected chi connectivity index (χ1v) is 6.49. The molecule has 4 heteroatoms. The summed E-state index contributed by atoms with van der Waals surface area (Å²) in [6.45, 7) is 4.47. The molecule has 0 aromatic heterocycles. The molecule has 20 heavy (non-hydrogen) atoms. The van der Waals surface area contributed by atoms with Gasteiger partial charge >= 0.3 is 0 Å². The van der Waals surface area contributed by atoms with Crippen molar-refractivity contribution in [2.75, 3.05) is 0 Å². The molecule has 2 aromatic rings. The van der Waals surface area contributed by atoms with Gasteiger partial charge in [-0.3, -0.25) is 9.59 Å². The third-order valence-corrected chi connectivity index (χ3v) is 2.96. The summed E-state index contributed by atoms with van der Waals surface area (Å²) in [5.41, 5.74) is 1.48. The van der Waals surface area contributed by atoms with Crippen LogP contribution in [-0.4, -0.2) is 18.4 Å². The smallest absolute Gasteiger partial charge is 0.293 e. The molecule has 2 rings (SSSR count). The predicted octanol–water partition coefficient (Wildman–Crippen LogP) is 2.65. The topological polar surface area (TPSA) is 55.4 Å². The van der Waals surface area contributed by atoms with Crippen molar-refractivity contribution in [2.45, 2.75) is 26.5 Å². The van der Waals surface area contributed by atoms with Gasteiger partial charge in [-0.2, -0.15) is 0 Å². The molecule has 4 nitrogen and oxygen atoms in total. The van der Waals surface area contributed by atoms with E-state index in [2.05, 4.69) is 5.32 Å². The molecule has 0 radical (unpaired) electrons. The van der Waals surface area contributed by atoms with Crippen molar-refractivity contribution in [3.8, 4) is 0 Å². The zero-order valence-corrected chi connectivity index (χ0v) is 11.6. The molecule has 0 aliphatic heterocycles. The Balaban J connectivity index is 2.40. The van der Waals surface area contributed by atoms with E-state index in [9.17, 15) is 9.59 Å². The summed E-state index contributed by atoms with van der Waals surface area (Å²) in [6.07, 6.45) is 0. The molecule has 1 amide bonds. The number of amides is 1. The van der Waals surface area contributed by atoms with Crippen LogP contribution in [0.4, 0.5) is 0 Å². The number of carbonyl (C=O) groups is 2. The highest BCUT2D eigenvalue weighted by Gasteiger charge is 2.09. The Kier molecular flexibility index (Phi) is 4.35. The van der Waals surface area contributed by atoms with Gasteiger partial charge in [0.25, 0.3) is 12.4 Å². The fourth-order valence-corrected chi connectivity index (χ4v) is 2.07. The van der Waals surface area contributed by atoms with E-state index in [1.54, 1.807) is 6.07 Å². The maximum Gasteiger partial charge on any atom is 0.293 e. The Morgan fingerprint density at radius 3 is 2.80 bits per heavy atom. The molecule has 0 heterocycles. The second-order valence-corrected chi connectivity index (χ2v) is 4.89. The number of hydrogen-bond acceptors (Lipinski definition) is 3. The number of hydrogen-bond donors (Lipinski definition) is 1. The SMILES string of the molecule is CC(C)NC(=O)c1ccc2cccc(COC=O)c2c1. The number of rotatable bonds is 5. The molecular formula is C16H17NO3. The van der Waals surface area contributed by atoms with Crippen LogP contribution >= 0.6 is 0 Å². The molecule has 0 aliphatic rings. The molecule has 0 aliphatic carbocycles. The number of nitrogens with one attached hydrogen (secondary N) is 1. The normalized spacial score (nSPS) is 10.6. The maximum atomic E-state index is 12.0. The van der Waals surface area contributed by atoms with Crippen LogP contribution in [0.1, 0.15) is 29.8 Å². The minimum absolute atomic E-state index is 0.0897. The summed E-state index contributed by atoms with van der Waals surface area (Å²) in [5, 5.41) is 4.79. The Bertz CT molecular complexity index is 635. The van der Waals surface area contributed by atoms with Crippen LogP contribution in [0, 0.1) is 0 Å². The first kappa shape index (κ1) is 14.1. The van der Waals surface area contributed by atoms with E-state index in [0.29, 0.717) is 12.0 Å². The molecule has 0 saturated heterocycles. The Labute approximate surface area is 117 Å². The lowest BCUT2D eigenvalue weighted by Crippen LogP contribution is -2.30. The Morgan fingerprint density at radius 2 is 2.10 bits per heavy atom. The average Bonchev–Trinajstić information content (AvgIpc) is 2.43. The van der Waals surface area contributed by atoms with Gasteiger partial charge in [-0.25, -0.2) is 0 Å². The summed E-state index contributed by atoms with van der Waals surface area (Å²) in [7, 11) is 0. The molecule has 0 fully saturated rings. The van der Waals surface area contributed by atoms with E-state index in [-0.39, 0.29) is 18.6 Å². The highest BCUT2D eigenvalue weighted by atomic mass is 16.5. The van der Waals surface area contributed by atoms with Gasteiger partial charge in [0.1, 0.15) is 6.61 Å². The van der Waals surface area contributed by atoms with Gasteiger partial charge in [-0.1, -0.05) is 24.3 Å². The summed E-state index contributed by atoms with van der Waals surface area (Å²) < 4.78 is 4.81. The van der Waals surface area contributed by atoms with Gasteiger partial charge in [0, 0.05) is 11.6 Å². The number of benzene rings is 2. The fourth-order valence-electron chi connectivity index (χ4n) is 2.07. The van der Waals surface area contributed by atoms with Crippen LogP contribution < -0.4 is 5.32 Å². The first-order valence-electron chi connectivity index (χ1n) is 6.49. The summed E-state index contributed by atoms with van der Waals surface area (Å²) >= 11 is 0. The van der Waals surface area contributed by atoms with Gasteiger partial charge in [0.2, 0.25) is 0 Å². The van der Waals surface area contributed by atoms with Crippen LogP contribution in [0.5, 0.6) is 0 Å². The number of carbonyl (C=O) groups excluding carboxylic acids is 2. The van der Waals surface area contributed by atoms with E-state index >= 15 is 0 Å². The van der Waals surface area contributed by atoms with Crippen LogP contribution in [0.15, 0.2) is 36.4 Å². The molecule has 0 spiro atoms. The molecule has 0 saturated carbocycles. The summed E-state index contributed by atoms with van der Waals surface area (Å²) in [6, 6.07) is 11.4. The zero-order valence-electron chi connectivity index (χ0n) is 11.6. The monoisotopic (exact) mass is 271 g/mol. The van der Waals surface area contributed by atoms with Gasteiger partial charge in [0.15, 0.2) is 0 Å². The lowest BCUT2D eigenvalue weighted by atomic mass is 10.0. The van der Waals surface area contributed by atoms with Crippen molar-refractivity contribution in [2.24, 2.45) is 0 Å². The van der Waals surface area contributed by atoms with Crippen molar-refractivity contribution in [3.05, 3.63) is 47.5 Å². The van der Waals surface area contributed by atoms with Crippen molar-refractivity contribution in [1.29, 1.82) is 0 Å². The van der Waals surface area contributed by atoms with E-state index in [1.165, 1.54) is 0 Å². The summed E-state index contributed by atoms with van der Waals surface area (Å²) in [5.74, 6) is -0.104. The minimum atomic E-state index is -0.104. The highest BCUT2D eigenvalue weighted by Crippen LogP contribution is 2.21. The van der Waals surface area contributed by atoms with Crippen LogP contribution in [0.25, 0.3) is 10.8 Å². The first-order chi connectivity index (χ1) is 9.61. The molecule has 0 bridgehead atoms. The molecular weight excluding hydrogens is 254 g/mol. The molecule has 0 unspecified atom stereocenters. The maximum absolute atomic E-state index is 12.0. The molecule has 1 N–H and O–H groups in total. The van der Waals surface area contributed by atoms with Crippen molar-refractivity contribution < 1.29 is 14.3 Å². The predicted molar refractivity (Wildman–Crippen MR) is 77.4 cm³/mol. The molecule has 104 valence electrons. The molecule has 0 atom stereocenters.